The van der Waals surface area contributed by atoms with Gasteiger partial charge in [0, 0.05) is 29.2 Å². The molecule has 7 heteroatoms. The van der Waals surface area contributed by atoms with Crippen LogP contribution in [0.25, 0.3) is 0 Å². The highest BCUT2D eigenvalue weighted by molar-refractivity contribution is 6.35. The molecule has 0 bridgehead atoms. The third kappa shape index (κ3) is 2.91. The highest BCUT2D eigenvalue weighted by Crippen LogP contribution is 2.36. The minimum atomic E-state index is -0.398. The second kappa shape index (κ2) is 6.62. The van der Waals surface area contributed by atoms with Gasteiger partial charge in [0.1, 0.15) is 6.17 Å². The maximum Gasteiger partial charge on any atom is 0.219 e. The number of benzene rings is 1. The Bertz CT molecular complexity index is 576. The van der Waals surface area contributed by atoms with Gasteiger partial charge in [0.25, 0.3) is 0 Å². The van der Waals surface area contributed by atoms with E-state index >= 15 is 0 Å². The minimum absolute atomic E-state index is 0.0764. The van der Waals surface area contributed by atoms with Crippen molar-refractivity contribution in [3.63, 3.8) is 0 Å². The van der Waals surface area contributed by atoms with Crippen molar-refractivity contribution in [1.29, 1.82) is 0 Å². The molecule has 1 fully saturated rings. The summed E-state index contributed by atoms with van der Waals surface area (Å²) in [5.74, 6) is 0.804. The highest BCUT2D eigenvalue weighted by atomic mass is 35.5. The van der Waals surface area contributed by atoms with E-state index in [0.717, 1.165) is 24.4 Å². The molecule has 0 radical (unpaired) electrons. The summed E-state index contributed by atoms with van der Waals surface area (Å²) in [7, 11) is 1.93. The van der Waals surface area contributed by atoms with Crippen molar-refractivity contribution in [2.45, 2.75) is 25.8 Å². The number of halogens is 2. The lowest BCUT2D eigenvalue weighted by atomic mass is 10.1. The lowest BCUT2D eigenvalue weighted by Crippen LogP contribution is -2.40. The fourth-order valence-electron chi connectivity index (χ4n) is 2.85. The first-order valence-electron chi connectivity index (χ1n) is 7.38. The van der Waals surface area contributed by atoms with Crippen molar-refractivity contribution in [2.24, 2.45) is 5.10 Å². The fraction of sp³-hybridized carbons (Fsp3) is 0.533. The number of hydrogen-bond acceptors (Lipinski definition) is 5. The molecule has 1 aromatic carbocycles. The van der Waals surface area contributed by atoms with Crippen LogP contribution < -0.4 is 0 Å². The van der Waals surface area contributed by atoms with Crippen LogP contribution in [0.3, 0.4) is 0 Å². The van der Waals surface area contributed by atoms with Crippen molar-refractivity contribution >= 4 is 29.0 Å². The molecule has 3 rings (SSSR count). The number of hydrazone groups is 1. The third-order valence-electron chi connectivity index (χ3n) is 3.74. The van der Waals surface area contributed by atoms with E-state index < -0.39 is 6.29 Å². The molecule has 2 aliphatic rings. The van der Waals surface area contributed by atoms with E-state index in [1.807, 2.05) is 24.2 Å². The number of nitrogens with zero attached hydrogens (tertiary/aromatic N) is 3. The van der Waals surface area contributed by atoms with Crippen molar-refractivity contribution in [2.75, 3.05) is 26.8 Å². The highest BCUT2D eigenvalue weighted by Gasteiger charge is 2.39. The van der Waals surface area contributed by atoms with Crippen LogP contribution >= 0.6 is 23.2 Å². The van der Waals surface area contributed by atoms with E-state index in [1.165, 1.54) is 0 Å². The largest absolute Gasteiger partial charge is 0.343 e. The van der Waals surface area contributed by atoms with E-state index in [0.29, 0.717) is 23.3 Å². The van der Waals surface area contributed by atoms with Crippen LogP contribution in [0, 0.1) is 0 Å². The van der Waals surface area contributed by atoms with E-state index in [9.17, 15) is 0 Å². The van der Waals surface area contributed by atoms with Crippen molar-refractivity contribution < 1.29 is 9.47 Å². The molecule has 0 aromatic heterocycles. The third-order valence-corrected chi connectivity index (χ3v) is 4.30. The number of hydrogen-bond donors (Lipinski definition) is 0. The Morgan fingerprint density at radius 2 is 2.00 bits per heavy atom. The summed E-state index contributed by atoms with van der Waals surface area (Å²) in [6.45, 7) is 4.17. The molecule has 1 atom stereocenters. The normalized spacial score (nSPS) is 22.5. The molecule has 22 heavy (non-hydrogen) atoms. The lowest BCUT2D eigenvalue weighted by molar-refractivity contribution is 0.00445. The van der Waals surface area contributed by atoms with Gasteiger partial charge in [-0.15, -0.1) is 0 Å². The maximum absolute atomic E-state index is 6.40. The molecule has 0 spiro atoms. The van der Waals surface area contributed by atoms with Gasteiger partial charge in [-0.2, -0.15) is 5.10 Å². The average Bonchev–Trinajstić information content (AvgIpc) is 3.09. The molecular formula is C15H19Cl2N3O2. The summed E-state index contributed by atoms with van der Waals surface area (Å²) in [6.07, 6.45) is 0.513. The number of ether oxygens (including phenoxy) is 2. The Morgan fingerprint density at radius 3 is 2.64 bits per heavy atom. The monoisotopic (exact) mass is 343 g/mol. The lowest BCUT2D eigenvalue weighted by Gasteiger charge is -2.31. The van der Waals surface area contributed by atoms with Crippen LogP contribution in [0.2, 0.25) is 10.0 Å². The summed E-state index contributed by atoms with van der Waals surface area (Å²) in [5.41, 5.74) is 0.971. The van der Waals surface area contributed by atoms with Gasteiger partial charge in [-0.25, -0.2) is 0 Å². The zero-order chi connectivity index (χ0) is 15.7. The SMILES string of the molecule is CCCN1C(C2OCCO2)=NN(C)C1c1ccc(Cl)cc1Cl. The quantitative estimate of drug-likeness (QED) is 0.840. The summed E-state index contributed by atoms with van der Waals surface area (Å²) < 4.78 is 11.2. The van der Waals surface area contributed by atoms with Gasteiger partial charge >= 0.3 is 0 Å². The molecule has 0 aliphatic carbocycles. The molecule has 0 amide bonds. The number of amidine groups is 1. The zero-order valence-electron chi connectivity index (χ0n) is 12.6. The van der Waals surface area contributed by atoms with Crippen LogP contribution in [0.15, 0.2) is 23.3 Å². The van der Waals surface area contributed by atoms with Crippen molar-refractivity contribution in [3.8, 4) is 0 Å². The first-order valence-corrected chi connectivity index (χ1v) is 8.13. The van der Waals surface area contributed by atoms with Crippen LogP contribution in [-0.4, -0.2) is 48.8 Å². The van der Waals surface area contributed by atoms with E-state index in [4.69, 9.17) is 32.7 Å². The van der Waals surface area contributed by atoms with Crippen LogP contribution in [0.1, 0.15) is 25.1 Å². The van der Waals surface area contributed by atoms with Crippen LogP contribution in [-0.2, 0) is 9.47 Å². The Labute approximate surface area is 140 Å². The molecule has 1 saturated heterocycles. The predicted molar refractivity (Wildman–Crippen MR) is 87.1 cm³/mol. The molecular weight excluding hydrogens is 325 g/mol. The molecule has 1 unspecified atom stereocenters. The van der Waals surface area contributed by atoms with E-state index in [1.54, 1.807) is 6.07 Å². The van der Waals surface area contributed by atoms with E-state index in [2.05, 4.69) is 16.9 Å². The van der Waals surface area contributed by atoms with Crippen LogP contribution in [0.4, 0.5) is 0 Å². The molecule has 2 aliphatic heterocycles. The van der Waals surface area contributed by atoms with Crippen molar-refractivity contribution in [3.05, 3.63) is 33.8 Å². The fourth-order valence-corrected chi connectivity index (χ4v) is 3.35. The number of rotatable bonds is 4. The average molecular weight is 344 g/mol. The summed E-state index contributed by atoms with van der Waals surface area (Å²) >= 11 is 12.4. The Morgan fingerprint density at radius 1 is 1.27 bits per heavy atom. The topological polar surface area (TPSA) is 37.3 Å². The summed E-state index contributed by atoms with van der Waals surface area (Å²) in [6, 6.07) is 5.56. The second-order valence-corrected chi connectivity index (χ2v) is 6.18. The van der Waals surface area contributed by atoms with Gasteiger partial charge in [-0.05, 0) is 18.6 Å². The van der Waals surface area contributed by atoms with Gasteiger partial charge in [0.15, 0.2) is 5.84 Å². The second-order valence-electron chi connectivity index (χ2n) is 5.34. The van der Waals surface area contributed by atoms with Gasteiger partial charge in [-0.1, -0.05) is 36.2 Å². The summed E-state index contributed by atoms with van der Waals surface area (Å²) in [4.78, 5) is 2.19. The minimum Gasteiger partial charge on any atom is -0.343 e. The standard InChI is InChI=1S/C15H19Cl2N3O2/c1-3-6-20-13(15-21-7-8-22-15)18-19(2)14(20)11-5-4-10(16)9-12(11)17/h4-5,9,14-15H,3,6-8H2,1-2H3. The molecule has 1 aromatic rings. The molecule has 5 nitrogen and oxygen atoms in total. The molecule has 0 saturated carbocycles. The molecule has 2 heterocycles. The predicted octanol–water partition coefficient (Wildman–Crippen LogP) is 3.34. The van der Waals surface area contributed by atoms with Gasteiger partial charge in [0.05, 0.1) is 13.2 Å². The van der Waals surface area contributed by atoms with Crippen LogP contribution in [0.5, 0.6) is 0 Å². The van der Waals surface area contributed by atoms with Gasteiger partial charge in [0.2, 0.25) is 6.29 Å². The zero-order valence-corrected chi connectivity index (χ0v) is 14.1. The Hall–Kier alpha value is -1.01. The first kappa shape index (κ1) is 15.9. The van der Waals surface area contributed by atoms with Gasteiger partial charge < -0.3 is 14.4 Å². The van der Waals surface area contributed by atoms with Gasteiger partial charge in [-0.3, -0.25) is 5.01 Å². The molecule has 120 valence electrons. The molecule has 0 N–H and O–H groups in total. The van der Waals surface area contributed by atoms with Crippen molar-refractivity contribution in [1.82, 2.24) is 9.91 Å². The smallest absolute Gasteiger partial charge is 0.219 e. The Kier molecular flexibility index (Phi) is 4.78. The first-order chi connectivity index (χ1) is 10.6. The van der Waals surface area contributed by atoms with E-state index in [-0.39, 0.29) is 6.17 Å². The summed E-state index contributed by atoms with van der Waals surface area (Å²) in [5, 5.41) is 7.78. The maximum atomic E-state index is 6.40. The Balaban J connectivity index is 1.93.